The van der Waals surface area contributed by atoms with Crippen LogP contribution in [0.3, 0.4) is 0 Å². The molecule has 13 nitrogen and oxygen atoms in total. The number of anilines is 1. The zero-order valence-corrected chi connectivity index (χ0v) is 25.6. The van der Waals surface area contributed by atoms with E-state index in [0.29, 0.717) is 28.1 Å². The van der Waals surface area contributed by atoms with E-state index >= 15 is 4.39 Å². The summed E-state index contributed by atoms with van der Waals surface area (Å²) in [6.07, 6.45) is 5.02. The number of amides is 2. The van der Waals surface area contributed by atoms with E-state index in [0.717, 1.165) is 21.7 Å². The lowest BCUT2D eigenvalue weighted by atomic mass is 10.0. The quantitative estimate of drug-likeness (QED) is 0.0686. The lowest BCUT2D eigenvalue weighted by Gasteiger charge is -2.49. The maximum absolute atomic E-state index is 15.2. The molecule has 17 heteroatoms. The fraction of sp³-hybridized carbons (Fsp3) is 0.222. The number of thioether (sulfide) groups is 2. The van der Waals surface area contributed by atoms with Gasteiger partial charge < -0.3 is 26.0 Å². The molecule has 4 aromatic rings. The second kappa shape index (κ2) is 11.9. The fourth-order valence-corrected chi connectivity index (χ4v) is 8.05. The Morgan fingerprint density at radius 3 is 2.91 bits per heavy atom. The standard InChI is InChI=1S/C27H23FN8O5S3/c1-35-6-3-18(14-7-15(28)13(8-17(14)35)22-30-4-5-31-22)42-9-12-10-43-25-20(24(38)36(25)21(12)26(39)40)33-23(37)19(34-41-2)16-11-44-27(29)32-16/h3-8,11,20,25H,9-10H2,1-2H3,(H4,29,32,33,37,39,40)/p+1/b34-19-/t20?,25-/m0/s1. The first-order valence-electron chi connectivity index (χ1n) is 13.0. The normalized spacial score (nSPS) is 18.3. The monoisotopic (exact) mass is 655 g/mol. The highest BCUT2D eigenvalue weighted by molar-refractivity contribution is 8.01. The number of nitrogen functional groups attached to an aromatic ring is 1. The Morgan fingerprint density at radius 2 is 2.23 bits per heavy atom. The molecule has 1 saturated heterocycles. The molecule has 226 valence electrons. The molecule has 6 rings (SSSR count). The van der Waals surface area contributed by atoms with E-state index in [1.165, 1.54) is 47.0 Å². The summed E-state index contributed by atoms with van der Waals surface area (Å²) in [5, 5.41) is 18.3. The first kappa shape index (κ1) is 29.6. The van der Waals surface area contributed by atoms with Crippen molar-refractivity contribution < 1.29 is 33.3 Å². The zero-order valence-electron chi connectivity index (χ0n) is 23.1. The fourth-order valence-electron chi connectivity index (χ4n) is 4.98. The number of H-pyrrole nitrogens is 1. The number of aromatic amines is 1. The molecule has 1 unspecified atom stereocenters. The van der Waals surface area contributed by atoms with Crippen molar-refractivity contribution in [2.45, 2.75) is 16.3 Å². The summed E-state index contributed by atoms with van der Waals surface area (Å²) in [5.41, 5.74) is 7.23. The van der Waals surface area contributed by atoms with Gasteiger partial charge in [-0.2, -0.15) is 0 Å². The van der Waals surface area contributed by atoms with Crippen molar-refractivity contribution in [1.82, 2.24) is 25.2 Å². The molecule has 1 fully saturated rings. The van der Waals surface area contributed by atoms with Gasteiger partial charge in [0.25, 0.3) is 11.8 Å². The molecule has 0 saturated carbocycles. The summed E-state index contributed by atoms with van der Waals surface area (Å²) in [7, 11) is 3.12. The van der Waals surface area contributed by atoms with Crippen molar-refractivity contribution in [2.24, 2.45) is 12.2 Å². The van der Waals surface area contributed by atoms with Gasteiger partial charge in [0, 0.05) is 46.3 Å². The number of carbonyl (C=O) groups is 3. The lowest BCUT2D eigenvalue weighted by Crippen LogP contribution is -2.71. The molecule has 44 heavy (non-hydrogen) atoms. The largest absolute Gasteiger partial charge is 0.477 e. The summed E-state index contributed by atoms with van der Waals surface area (Å²) in [6.45, 7) is 0. The highest BCUT2D eigenvalue weighted by atomic mass is 32.2. The van der Waals surface area contributed by atoms with Crippen molar-refractivity contribution in [1.29, 1.82) is 0 Å². The number of carboxylic acids is 1. The summed E-state index contributed by atoms with van der Waals surface area (Å²) in [5.74, 6) is -1.98. The number of aryl methyl sites for hydroxylation is 1. The number of thiazole rings is 1. The van der Waals surface area contributed by atoms with Gasteiger partial charge in [-0.15, -0.1) is 34.9 Å². The summed E-state index contributed by atoms with van der Waals surface area (Å²) in [6, 6.07) is 4.03. The molecule has 2 aliphatic heterocycles. The van der Waals surface area contributed by atoms with Crippen LogP contribution in [0.1, 0.15) is 5.69 Å². The van der Waals surface area contributed by atoms with E-state index < -0.39 is 35.0 Å². The molecule has 0 radical (unpaired) electrons. The third-order valence-electron chi connectivity index (χ3n) is 7.03. The van der Waals surface area contributed by atoms with Crippen molar-refractivity contribution in [3.05, 3.63) is 65.0 Å². The minimum atomic E-state index is -1.25. The number of aromatic nitrogens is 4. The van der Waals surface area contributed by atoms with E-state index in [9.17, 15) is 19.5 Å². The van der Waals surface area contributed by atoms with Crippen molar-refractivity contribution >= 4 is 74.4 Å². The molecule has 5 heterocycles. The number of fused-ring (bicyclic) bond motifs is 2. The molecule has 2 atom stereocenters. The predicted octanol–water partition coefficient (Wildman–Crippen LogP) is 2.11. The predicted molar refractivity (Wildman–Crippen MR) is 163 cm³/mol. The number of benzene rings is 1. The van der Waals surface area contributed by atoms with E-state index in [4.69, 9.17) is 10.6 Å². The first-order chi connectivity index (χ1) is 21.2. The van der Waals surface area contributed by atoms with Gasteiger partial charge in [0.05, 0.1) is 10.9 Å². The average Bonchev–Trinajstić information content (AvgIpc) is 3.69. The topological polar surface area (TPSA) is 180 Å². The highest BCUT2D eigenvalue weighted by Crippen LogP contribution is 2.42. The Hall–Kier alpha value is -4.48. The number of imidazole rings is 1. The summed E-state index contributed by atoms with van der Waals surface area (Å²) < 4.78 is 17.0. The zero-order chi connectivity index (χ0) is 31.1. The number of oxime groups is 1. The molecule has 0 spiro atoms. The molecule has 2 amide bonds. The van der Waals surface area contributed by atoms with Crippen LogP contribution in [0.2, 0.25) is 0 Å². The molecule has 5 N–H and O–H groups in total. The third-order valence-corrected chi connectivity index (χ3v) is 10.2. The van der Waals surface area contributed by atoms with Gasteiger partial charge >= 0.3 is 5.97 Å². The van der Waals surface area contributed by atoms with E-state index in [-0.39, 0.29) is 28.0 Å². The Balaban J connectivity index is 1.22. The van der Waals surface area contributed by atoms with Crippen LogP contribution in [0, 0.1) is 5.82 Å². The maximum Gasteiger partial charge on any atom is 0.352 e. The van der Waals surface area contributed by atoms with Crippen molar-refractivity contribution in [3.63, 3.8) is 0 Å². The lowest BCUT2D eigenvalue weighted by molar-refractivity contribution is -0.645. The van der Waals surface area contributed by atoms with Gasteiger partial charge in [-0.3, -0.25) is 14.5 Å². The van der Waals surface area contributed by atoms with Crippen LogP contribution in [-0.4, -0.2) is 78.5 Å². The molecule has 0 bridgehead atoms. The highest BCUT2D eigenvalue weighted by Gasteiger charge is 2.54. The first-order valence-corrected chi connectivity index (χ1v) is 15.9. The van der Waals surface area contributed by atoms with E-state index in [1.54, 1.807) is 18.5 Å². The van der Waals surface area contributed by atoms with E-state index in [2.05, 4.69) is 25.4 Å². The van der Waals surface area contributed by atoms with Crippen LogP contribution in [-0.2, 0) is 26.3 Å². The Bertz CT molecular complexity index is 1880. The molecule has 0 aliphatic carbocycles. The number of halogens is 1. The minimum Gasteiger partial charge on any atom is -0.477 e. The third kappa shape index (κ3) is 5.26. The number of aliphatic carboxylic acids is 1. The van der Waals surface area contributed by atoms with Gasteiger partial charge in [0.2, 0.25) is 5.52 Å². The van der Waals surface area contributed by atoms with Gasteiger partial charge in [0.15, 0.2) is 17.0 Å². The second-order valence-electron chi connectivity index (χ2n) is 9.68. The van der Waals surface area contributed by atoms with Crippen molar-refractivity contribution in [3.8, 4) is 11.4 Å². The van der Waals surface area contributed by atoms with Crippen molar-refractivity contribution in [2.75, 3.05) is 24.3 Å². The average molecular weight is 656 g/mol. The van der Waals surface area contributed by atoms with Crippen LogP contribution >= 0.6 is 34.9 Å². The number of nitrogens with zero attached hydrogens (tertiary/aromatic N) is 5. The number of nitrogens with one attached hydrogen (secondary N) is 2. The molecule has 1 aromatic carbocycles. The number of β-lactam (4-membered cyclic amide) rings is 1. The van der Waals surface area contributed by atoms with Gasteiger partial charge in [0.1, 0.15) is 48.6 Å². The van der Waals surface area contributed by atoms with Gasteiger partial charge in [-0.25, -0.2) is 23.7 Å². The van der Waals surface area contributed by atoms with Crippen LogP contribution in [0.4, 0.5) is 9.52 Å². The second-order valence-corrected chi connectivity index (χ2v) is 12.7. The molecule has 3 aromatic heterocycles. The molecular formula is C27H24FN8O5S3+. The maximum atomic E-state index is 15.2. The minimum absolute atomic E-state index is 0.119. The number of rotatable bonds is 9. The summed E-state index contributed by atoms with van der Waals surface area (Å²) >= 11 is 3.81. The van der Waals surface area contributed by atoms with Crippen LogP contribution in [0.15, 0.2) is 63.5 Å². The van der Waals surface area contributed by atoms with Gasteiger partial charge in [-0.05, 0) is 11.6 Å². The number of pyridine rings is 1. The number of hydrogen-bond acceptors (Lipinski definition) is 11. The van der Waals surface area contributed by atoms with Crippen LogP contribution in [0.5, 0.6) is 0 Å². The number of hydrogen-bond donors (Lipinski definition) is 4. The molecular weight excluding hydrogens is 632 g/mol. The van der Waals surface area contributed by atoms with Gasteiger partial charge in [-0.1, -0.05) is 5.16 Å². The van der Waals surface area contributed by atoms with E-state index in [1.807, 2.05) is 23.9 Å². The summed E-state index contributed by atoms with van der Waals surface area (Å²) in [4.78, 5) is 56.5. The Labute approximate surface area is 261 Å². The van der Waals surface area contributed by atoms with Crippen LogP contribution < -0.4 is 15.6 Å². The number of carboxylic acid groups (broad SMARTS) is 1. The Kier molecular flexibility index (Phi) is 8.00. The SMILES string of the molecule is CO/N=C(\C(=O)NC1C(=O)N2C(C(=O)O)=C(CSc3cc[n+](C)c4cc(-c5ncc[nH]5)c(F)cc34)CS[C@@H]12)c1csc(N)n1. The Morgan fingerprint density at radius 1 is 1.41 bits per heavy atom. The molecule has 2 aliphatic rings. The van der Waals surface area contributed by atoms with Crippen LogP contribution in [0.25, 0.3) is 22.3 Å². The smallest absolute Gasteiger partial charge is 0.352 e. The number of carbonyl (C=O) groups excluding carboxylic acids is 2. The number of nitrogens with two attached hydrogens (primary N) is 1.